The summed E-state index contributed by atoms with van der Waals surface area (Å²) in [6, 6.07) is 7.47. The second kappa shape index (κ2) is 6.16. The van der Waals surface area contributed by atoms with Gasteiger partial charge in [0.15, 0.2) is 5.11 Å². The zero-order valence-corrected chi connectivity index (χ0v) is 9.42. The first kappa shape index (κ1) is 11.7. The van der Waals surface area contributed by atoms with Crippen LogP contribution in [0.3, 0.4) is 0 Å². The molecule has 0 fully saturated rings. The molecule has 0 aliphatic carbocycles. The van der Waals surface area contributed by atoms with Crippen molar-refractivity contribution in [3.05, 3.63) is 40.9 Å². The lowest BCUT2D eigenvalue weighted by molar-refractivity contribution is 1.04. The average molecular weight is 240 g/mol. The third kappa shape index (κ3) is 5.15. The largest absolute Gasteiger partial charge is 0.375 e. The molecule has 0 radical (unpaired) electrons. The van der Waals surface area contributed by atoms with Crippen molar-refractivity contribution in [2.24, 2.45) is 10.8 Å². The minimum absolute atomic E-state index is 0.145. The first-order chi connectivity index (χ1) is 7.18. The van der Waals surface area contributed by atoms with Gasteiger partial charge in [0.25, 0.3) is 0 Å². The van der Waals surface area contributed by atoms with Crippen molar-refractivity contribution in [1.82, 2.24) is 5.43 Å². The predicted molar refractivity (Wildman–Crippen MR) is 68.9 cm³/mol. The Bertz CT molecular complexity index is 384. The highest BCUT2D eigenvalue weighted by atomic mass is 35.5. The van der Waals surface area contributed by atoms with Crippen LogP contribution in [0.15, 0.2) is 35.4 Å². The Morgan fingerprint density at radius 3 is 2.67 bits per heavy atom. The first-order valence-corrected chi connectivity index (χ1v) is 4.98. The number of hydrogen-bond acceptors (Lipinski definition) is 2. The molecule has 0 bridgehead atoms. The van der Waals surface area contributed by atoms with Gasteiger partial charge in [0.1, 0.15) is 0 Å². The molecule has 0 saturated heterocycles. The lowest BCUT2D eigenvalue weighted by atomic mass is 10.2. The number of nitrogens with one attached hydrogen (secondary N) is 1. The van der Waals surface area contributed by atoms with Gasteiger partial charge in [-0.15, -0.1) is 0 Å². The van der Waals surface area contributed by atoms with Crippen molar-refractivity contribution in [2.75, 3.05) is 0 Å². The number of nitrogens with zero attached hydrogens (tertiary/aromatic N) is 1. The smallest absolute Gasteiger partial charge is 0.184 e. The summed E-state index contributed by atoms with van der Waals surface area (Å²) in [5, 5.41) is 4.61. The van der Waals surface area contributed by atoms with E-state index in [4.69, 9.17) is 17.3 Å². The summed E-state index contributed by atoms with van der Waals surface area (Å²) in [7, 11) is 0. The molecule has 3 nitrogen and oxygen atoms in total. The highest BCUT2D eigenvalue weighted by Gasteiger charge is 1.86. The summed E-state index contributed by atoms with van der Waals surface area (Å²) in [6.45, 7) is 0. The summed E-state index contributed by atoms with van der Waals surface area (Å²) < 4.78 is 0. The van der Waals surface area contributed by atoms with E-state index in [9.17, 15) is 0 Å². The van der Waals surface area contributed by atoms with E-state index in [0.717, 1.165) is 10.6 Å². The second-order valence-electron chi connectivity index (χ2n) is 2.66. The molecule has 0 heterocycles. The van der Waals surface area contributed by atoms with Crippen molar-refractivity contribution in [1.29, 1.82) is 0 Å². The van der Waals surface area contributed by atoms with Gasteiger partial charge in [-0.05, 0) is 36.0 Å². The van der Waals surface area contributed by atoms with Gasteiger partial charge in [-0.3, -0.25) is 5.43 Å². The molecular weight excluding hydrogens is 230 g/mol. The van der Waals surface area contributed by atoms with Crippen molar-refractivity contribution in [2.45, 2.75) is 0 Å². The average Bonchev–Trinajstić information content (AvgIpc) is 2.20. The van der Waals surface area contributed by atoms with Crippen LogP contribution in [0.25, 0.3) is 6.08 Å². The molecule has 0 unspecified atom stereocenters. The minimum Gasteiger partial charge on any atom is -0.375 e. The Morgan fingerprint density at radius 1 is 1.40 bits per heavy atom. The maximum Gasteiger partial charge on any atom is 0.184 e. The number of benzene rings is 1. The summed E-state index contributed by atoms with van der Waals surface area (Å²) in [5.41, 5.74) is 8.66. The molecular formula is C10H10ClN3S. The Hall–Kier alpha value is -1.39. The monoisotopic (exact) mass is 239 g/mol. The van der Waals surface area contributed by atoms with Crippen molar-refractivity contribution in [3.8, 4) is 0 Å². The van der Waals surface area contributed by atoms with Crippen molar-refractivity contribution in [3.63, 3.8) is 0 Å². The zero-order valence-electron chi connectivity index (χ0n) is 7.85. The van der Waals surface area contributed by atoms with E-state index >= 15 is 0 Å². The zero-order chi connectivity index (χ0) is 11.1. The molecule has 3 N–H and O–H groups in total. The van der Waals surface area contributed by atoms with Gasteiger partial charge in [0, 0.05) is 11.2 Å². The Labute approximate surface area is 98.6 Å². The topological polar surface area (TPSA) is 50.4 Å². The fourth-order valence-electron chi connectivity index (χ4n) is 0.872. The van der Waals surface area contributed by atoms with Crippen molar-refractivity contribution < 1.29 is 0 Å². The van der Waals surface area contributed by atoms with E-state index in [2.05, 4.69) is 22.7 Å². The number of halogens is 1. The van der Waals surface area contributed by atoms with Crippen LogP contribution in [0.5, 0.6) is 0 Å². The van der Waals surface area contributed by atoms with E-state index in [-0.39, 0.29) is 5.11 Å². The lowest BCUT2D eigenvalue weighted by Crippen LogP contribution is -2.23. The molecule has 1 rings (SSSR count). The first-order valence-electron chi connectivity index (χ1n) is 4.19. The molecule has 0 atom stereocenters. The molecule has 0 amide bonds. The summed E-state index contributed by atoms with van der Waals surface area (Å²) in [5.74, 6) is 0. The van der Waals surface area contributed by atoms with Gasteiger partial charge in [-0.2, -0.15) is 5.10 Å². The van der Waals surface area contributed by atoms with Gasteiger partial charge in [-0.1, -0.05) is 29.8 Å². The normalized spacial score (nSPS) is 11.0. The van der Waals surface area contributed by atoms with Gasteiger partial charge in [0.2, 0.25) is 0 Å². The summed E-state index contributed by atoms with van der Waals surface area (Å²) in [6.07, 6.45) is 5.23. The second-order valence-corrected chi connectivity index (χ2v) is 3.54. The molecule has 1 aromatic carbocycles. The molecule has 1 aromatic rings. The van der Waals surface area contributed by atoms with E-state index in [1.807, 2.05) is 30.3 Å². The highest BCUT2D eigenvalue weighted by molar-refractivity contribution is 7.80. The molecule has 0 aliphatic heterocycles. The molecule has 0 saturated carbocycles. The van der Waals surface area contributed by atoms with Crippen LogP contribution in [0.4, 0.5) is 0 Å². The maximum atomic E-state index is 5.74. The van der Waals surface area contributed by atoms with E-state index in [1.54, 1.807) is 12.3 Å². The van der Waals surface area contributed by atoms with Gasteiger partial charge in [-0.25, -0.2) is 0 Å². The standard InChI is InChI=1S/C10H10ClN3S/c11-9-5-3-8(4-6-9)2-1-7-13-14-10(12)15/h1-7H,(H3,12,14,15). The molecule has 5 heteroatoms. The minimum atomic E-state index is 0.145. The molecule has 0 aromatic heterocycles. The van der Waals surface area contributed by atoms with Crippen LogP contribution in [0, 0.1) is 0 Å². The van der Waals surface area contributed by atoms with Crippen LogP contribution in [0.1, 0.15) is 5.56 Å². The Balaban J connectivity index is 2.47. The molecule has 0 aliphatic rings. The maximum absolute atomic E-state index is 5.74. The van der Waals surface area contributed by atoms with Gasteiger partial charge in [0.05, 0.1) is 0 Å². The number of hydrogen-bond donors (Lipinski definition) is 2. The SMILES string of the molecule is NC(=S)NN=CC=Cc1ccc(Cl)cc1. The Kier molecular flexibility index (Phi) is 4.80. The molecule has 15 heavy (non-hydrogen) atoms. The molecule has 0 spiro atoms. The predicted octanol–water partition coefficient (Wildman–Crippen LogP) is 2.17. The number of nitrogens with two attached hydrogens (primary N) is 1. The number of hydrazone groups is 1. The quantitative estimate of drug-likeness (QED) is 0.483. The third-order valence-electron chi connectivity index (χ3n) is 1.49. The van der Waals surface area contributed by atoms with Gasteiger partial charge >= 0.3 is 0 Å². The van der Waals surface area contributed by atoms with Crippen LogP contribution in [-0.2, 0) is 0 Å². The van der Waals surface area contributed by atoms with Crippen LogP contribution >= 0.6 is 23.8 Å². The van der Waals surface area contributed by atoms with Gasteiger partial charge < -0.3 is 5.73 Å². The van der Waals surface area contributed by atoms with Crippen LogP contribution in [-0.4, -0.2) is 11.3 Å². The van der Waals surface area contributed by atoms with E-state index in [1.165, 1.54) is 0 Å². The van der Waals surface area contributed by atoms with Crippen LogP contribution < -0.4 is 11.2 Å². The molecule has 78 valence electrons. The van der Waals surface area contributed by atoms with Crippen LogP contribution in [0.2, 0.25) is 5.02 Å². The third-order valence-corrected chi connectivity index (χ3v) is 1.84. The number of thiocarbonyl (C=S) groups is 1. The Morgan fingerprint density at radius 2 is 2.07 bits per heavy atom. The summed E-state index contributed by atoms with van der Waals surface area (Å²) >= 11 is 10.3. The lowest BCUT2D eigenvalue weighted by Gasteiger charge is -1.92. The van der Waals surface area contributed by atoms with Crippen molar-refractivity contribution >= 4 is 41.2 Å². The number of rotatable bonds is 3. The van der Waals surface area contributed by atoms with E-state index in [0.29, 0.717) is 0 Å². The fourth-order valence-corrected chi connectivity index (χ4v) is 1.05. The summed E-state index contributed by atoms with van der Waals surface area (Å²) in [4.78, 5) is 0. The fraction of sp³-hybridized carbons (Fsp3) is 0. The number of allylic oxidation sites excluding steroid dienone is 1. The highest BCUT2D eigenvalue weighted by Crippen LogP contribution is 2.10. The van der Waals surface area contributed by atoms with E-state index < -0.39 is 0 Å².